The van der Waals surface area contributed by atoms with E-state index >= 15 is 0 Å². The van der Waals surface area contributed by atoms with Gasteiger partial charge in [-0.25, -0.2) is 0 Å². The summed E-state index contributed by atoms with van der Waals surface area (Å²) in [6.45, 7) is 1.45. The molecule has 0 radical (unpaired) electrons. The number of carbonyl (C=O) groups excluding carboxylic acids is 1. The number of rotatable bonds is 6. The Morgan fingerprint density at radius 1 is 1.00 bits per heavy atom. The average molecular weight is 312 g/mol. The number of unbranched alkanes of at least 4 members (excludes halogenated alkanes) is 1. The molecule has 0 saturated carbocycles. The van der Waals surface area contributed by atoms with Gasteiger partial charge in [0.1, 0.15) is 0 Å². The van der Waals surface area contributed by atoms with Crippen molar-refractivity contribution in [1.82, 2.24) is 0 Å². The van der Waals surface area contributed by atoms with Gasteiger partial charge in [-0.1, -0.05) is 0 Å². The average Bonchev–Trinajstić information content (AvgIpc) is 3.39. The van der Waals surface area contributed by atoms with Crippen LogP contribution in [-0.2, 0) is 11.3 Å². The van der Waals surface area contributed by atoms with E-state index in [0.717, 1.165) is 12.2 Å². The molecule has 20 heavy (non-hydrogen) atoms. The van der Waals surface area contributed by atoms with E-state index in [4.69, 9.17) is 0 Å². The summed E-state index contributed by atoms with van der Waals surface area (Å²) in [5.41, 5.74) is 0. The van der Waals surface area contributed by atoms with E-state index in [1.807, 2.05) is 0 Å². The van der Waals surface area contributed by atoms with Gasteiger partial charge in [0.2, 0.25) is 0 Å². The number of hydrogen-bond donors (Lipinski definition) is 0. The third-order valence-electron chi connectivity index (χ3n) is 16.8. The van der Waals surface area contributed by atoms with Crippen molar-refractivity contribution in [2.75, 3.05) is 0 Å². The van der Waals surface area contributed by atoms with Crippen LogP contribution < -0.4 is 0 Å². The molecule has 0 aromatic carbocycles. The zero-order valence-corrected chi connectivity index (χ0v) is 13.5. The molecular weight excluding hydrogens is 288 g/mol. The molecule has 10 rings (SSSR count). The minimum absolute atomic E-state index is 0.481. The van der Waals surface area contributed by atoms with Crippen LogP contribution in [0.1, 0.15) is 39.5 Å². The summed E-state index contributed by atoms with van der Waals surface area (Å²) in [7, 11) is 0. The minimum atomic E-state index is -3.13. The second kappa shape index (κ2) is 0.816. The predicted octanol–water partition coefficient (Wildman–Crippen LogP) is 5.53. The fourth-order valence-corrected chi connectivity index (χ4v) is 92.1. The summed E-state index contributed by atoms with van der Waals surface area (Å²) in [5, 5.41) is 0. The summed E-state index contributed by atoms with van der Waals surface area (Å²) >= 11 is 0. The molecule has 10 aliphatic rings. The summed E-state index contributed by atoms with van der Waals surface area (Å²) in [6, 6.07) is 0. The summed E-state index contributed by atoms with van der Waals surface area (Å²) < 4.78 is 0.535. The van der Waals surface area contributed by atoms with Crippen molar-refractivity contribution < 1.29 is 11.3 Å². The Bertz CT molecular complexity index is 956. The maximum atomic E-state index is 13.7. The second-order valence-corrected chi connectivity index (χ2v) is 35.8. The van der Waals surface area contributed by atoms with Crippen molar-refractivity contribution in [3.63, 3.8) is 0 Å². The van der Waals surface area contributed by atoms with Gasteiger partial charge in [-0.05, 0) is 0 Å². The van der Waals surface area contributed by atoms with Crippen LogP contribution in [0.3, 0.4) is 0 Å². The molecule has 2 heteroatoms. The number of carbonyl (C=O) groups is 1. The Morgan fingerprint density at radius 2 is 1.55 bits per heavy atom. The Balaban J connectivity index is 1.29. The maximum absolute atomic E-state index is 13.7. The molecule has 0 aromatic heterocycles. The Hall–Kier alpha value is 0.189. The SMILES string of the molecule is CCCCC(CC)C(=O)[C]12[CH]3[CH]4[CH]5[CH]1[Fe]45321678[CH]2[CH]1[CH]6[CH]7[CH]28. The van der Waals surface area contributed by atoms with E-state index in [0.29, 0.717) is 10.2 Å². The molecule has 10 heterocycles. The zero-order valence-electron chi connectivity index (χ0n) is 12.4. The first-order valence-electron chi connectivity index (χ1n) is 9.23. The molecule has 0 bridgehead atoms. The van der Waals surface area contributed by atoms with Crippen molar-refractivity contribution in [3.05, 3.63) is 0 Å². The van der Waals surface area contributed by atoms with Gasteiger partial charge in [0.15, 0.2) is 0 Å². The molecule has 0 aromatic rings. The van der Waals surface area contributed by atoms with Crippen LogP contribution in [0.15, 0.2) is 0 Å². The van der Waals surface area contributed by atoms with E-state index in [1.54, 1.807) is 0 Å². The molecule has 5 unspecified atom stereocenters. The molecule has 10 fully saturated rings. The number of ketones is 1. The third-order valence-corrected chi connectivity index (χ3v) is 59.1. The number of Topliss-reactive ketones (excluding diaryl/α,β-unsaturated/α-hetero) is 1. The van der Waals surface area contributed by atoms with Gasteiger partial charge in [-0.15, -0.1) is 0 Å². The van der Waals surface area contributed by atoms with E-state index in [9.17, 15) is 4.79 Å². The fraction of sp³-hybridized carbons (Fsp3) is 0.944. The van der Waals surface area contributed by atoms with Gasteiger partial charge in [0, 0.05) is 0 Å². The van der Waals surface area contributed by atoms with Gasteiger partial charge in [-0.2, -0.15) is 0 Å². The van der Waals surface area contributed by atoms with E-state index in [2.05, 4.69) is 13.8 Å². The summed E-state index contributed by atoms with van der Waals surface area (Å²) in [5.74, 6) is 1.40. The number of hydrogen-bond acceptors (Lipinski definition) is 1. The second-order valence-electron chi connectivity index (χ2n) is 12.3. The van der Waals surface area contributed by atoms with Gasteiger partial charge >= 0.3 is 110 Å². The molecule has 1 nitrogen and oxygen atoms in total. The van der Waals surface area contributed by atoms with Crippen molar-refractivity contribution in [3.8, 4) is 0 Å². The van der Waals surface area contributed by atoms with Crippen molar-refractivity contribution in [1.29, 1.82) is 0 Å². The molecule has 1 spiro atoms. The Morgan fingerprint density at radius 3 is 1.85 bits per heavy atom. The quantitative estimate of drug-likeness (QED) is 0.589. The van der Waals surface area contributed by atoms with E-state index < -0.39 is 6.51 Å². The van der Waals surface area contributed by atoms with Crippen LogP contribution >= 0.6 is 0 Å². The van der Waals surface area contributed by atoms with Gasteiger partial charge < -0.3 is 0 Å². The predicted molar refractivity (Wildman–Crippen MR) is 74.8 cm³/mol. The fourth-order valence-electron chi connectivity index (χ4n) is 18.1. The first-order chi connectivity index (χ1) is 9.48. The van der Waals surface area contributed by atoms with Gasteiger partial charge in [0.05, 0.1) is 0 Å². The van der Waals surface area contributed by atoms with Crippen LogP contribution in [0.5, 0.6) is 0 Å². The monoisotopic (exact) mass is 312 g/mol. The molecule has 0 amide bonds. The molecule has 0 aliphatic carbocycles. The molecule has 110 valence electrons. The topological polar surface area (TPSA) is 17.1 Å². The van der Waals surface area contributed by atoms with Crippen LogP contribution in [-0.4, -0.2) is 5.78 Å². The van der Waals surface area contributed by atoms with Crippen LogP contribution in [0.4, 0.5) is 0 Å². The van der Waals surface area contributed by atoms with Crippen molar-refractivity contribution >= 4 is 5.78 Å². The normalized spacial score (nSPS) is 105. The van der Waals surface area contributed by atoms with Crippen LogP contribution in [0, 0.1) is 5.92 Å². The van der Waals surface area contributed by atoms with E-state index in [1.165, 1.54) is 62.6 Å². The molecular formula is C18H24FeO. The summed E-state index contributed by atoms with van der Waals surface area (Å²) in [4.78, 5) is 25.2. The molecule has 10 aliphatic heterocycles. The third kappa shape index (κ3) is 0.102. The summed E-state index contributed by atoms with van der Waals surface area (Å²) in [6.07, 6.45) is 4.93. The van der Waals surface area contributed by atoms with Gasteiger partial charge in [0.25, 0.3) is 0 Å². The number of fused-ring (bicyclic) bond motifs is 10. The zero-order chi connectivity index (χ0) is 13.0. The van der Waals surface area contributed by atoms with E-state index in [-0.39, 0.29) is 0 Å². The first-order valence-corrected chi connectivity index (χ1v) is 15.5. The molecule has 10 saturated heterocycles. The Kier molecular flexibility index (Phi) is 0.356. The van der Waals surface area contributed by atoms with Crippen molar-refractivity contribution in [2.45, 2.75) is 87.2 Å². The van der Waals surface area contributed by atoms with Crippen LogP contribution in [0.2, 0.25) is 47.7 Å². The van der Waals surface area contributed by atoms with Gasteiger partial charge in [-0.3, -0.25) is 0 Å². The van der Waals surface area contributed by atoms with Crippen molar-refractivity contribution in [2.24, 2.45) is 5.92 Å². The molecule has 5 atom stereocenters. The Labute approximate surface area is 110 Å². The van der Waals surface area contributed by atoms with Crippen LogP contribution in [0.25, 0.3) is 0 Å². The molecule has 0 N–H and O–H groups in total. The first kappa shape index (κ1) is 8.73. The standard InChI is InChI=1S/C13H19O.C5H5.Fe/c1-3-5-8-11(4-2)13(14)12-9-6-7-10-12;1-2-4-5-3-1;/h6-7,9-11H,3-5,8H2,1-2H3;1-5H;.